The molecule has 3 aromatic rings. The zero-order valence-electron chi connectivity index (χ0n) is 27.4. The Labute approximate surface area is 298 Å². The fraction of sp³-hybridized carbons (Fsp3) is 0.167. The minimum absolute atomic E-state index is 0.00114. The second-order valence-electron chi connectivity index (χ2n) is 11.4. The molecule has 2 aliphatic rings. The van der Waals surface area contributed by atoms with Gasteiger partial charge in [0.2, 0.25) is 0 Å². The molecular weight excluding hydrogens is 700 g/mol. The lowest BCUT2D eigenvalue weighted by Crippen LogP contribution is -2.35. The number of anilines is 2. The maximum absolute atomic E-state index is 12.8. The Balaban J connectivity index is 1.62. The maximum Gasteiger partial charge on any atom is 0.336 e. The second-order valence-corrected chi connectivity index (χ2v) is 11.4. The Hall–Kier alpha value is -7.30. The predicted molar refractivity (Wildman–Crippen MR) is 186 cm³/mol. The summed E-state index contributed by atoms with van der Waals surface area (Å²) in [7, 11) is 0. The quantitative estimate of drug-likeness (QED) is 0.0591. The minimum atomic E-state index is -1.48. The summed E-state index contributed by atoms with van der Waals surface area (Å²) >= 11 is 0. The van der Waals surface area contributed by atoms with Gasteiger partial charge in [0.25, 0.3) is 0 Å². The van der Waals surface area contributed by atoms with Gasteiger partial charge in [0.15, 0.2) is 5.43 Å². The number of aromatic carboxylic acids is 1. The molecule has 17 heteroatoms. The van der Waals surface area contributed by atoms with Crippen LogP contribution in [-0.4, -0.2) is 99.9 Å². The molecule has 274 valence electrons. The van der Waals surface area contributed by atoms with Gasteiger partial charge < -0.3 is 54.3 Å². The van der Waals surface area contributed by atoms with E-state index in [9.17, 15) is 59.4 Å². The van der Waals surface area contributed by atoms with Gasteiger partial charge in [-0.05, 0) is 48.5 Å². The fourth-order valence-electron chi connectivity index (χ4n) is 5.71. The molecule has 0 bridgehead atoms. The molecule has 0 atom stereocenters. The van der Waals surface area contributed by atoms with E-state index < -0.39 is 67.0 Å². The molecular formula is C36H30N2O15. The third-order valence-electron chi connectivity index (χ3n) is 7.73. The van der Waals surface area contributed by atoms with Gasteiger partial charge in [0, 0.05) is 34.2 Å². The number of ether oxygens (including phenoxy) is 2. The largest absolute Gasteiger partial charge is 0.508 e. The second kappa shape index (κ2) is 15.7. The minimum Gasteiger partial charge on any atom is -0.508 e. The number of hydrogen-bond donors (Lipinski definition) is 6. The van der Waals surface area contributed by atoms with Crippen LogP contribution in [0.2, 0.25) is 0 Å². The number of phenolic OH excluding ortho intramolecular Hbond substituents is 1. The Morgan fingerprint density at radius 3 is 1.81 bits per heavy atom. The fourth-order valence-corrected chi connectivity index (χ4v) is 5.71. The van der Waals surface area contributed by atoms with E-state index in [2.05, 4.69) is 0 Å². The van der Waals surface area contributed by atoms with Gasteiger partial charge in [-0.3, -0.25) is 24.0 Å². The molecule has 17 nitrogen and oxygen atoms in total. The van der Waals surface area contributed by atoms with Crippen molar-refractivity contribution in [3.05, 3.63) is 88.6 Å². The highest BCUT2D eigenvalue weighted by atomic mass is 16.5. The van der Waals surface area contributed by atoms with E-state index in [0.29, 0.717) is 10.9 Å². The molecule has 1 heterocycles. The highest BCUT2D eigenvalue weighted by Gasteiger charge is 2.27. The number of nitrogens with zero attached hydrogens (tertiary/aromatic N) is 2. The van der Waals surface area contributed by atoms with Crippen molar-refractivity contribution in [2.45, 2.75) is 0 Å². The summed E-state index contributed by atoms with van der Waals surface area (Å²) in [5.41, 5.74) is -0.252. The first kappa shape index (κ1) is 37.0. The number of benzene rings is 4. The lowest BCUT2D eigenvalue weighted by atomic mass is 9.90. The standard InChI is InChI=1S/C36H30N2O15/c39-19-5-7-21-28(11-19)53-29-12-20(40)6-8-22(29)35(21)23-14-30(26(13-24(23)36(49)50)38(17-33(45)46)18-34(47)48)52-10-9-51-27-4-2-1-3-25(27)37(15-31(41)42)16-32(43)44/h1-8,11-14,39H,9-10,15-18H2,(H,41,42)(H,43,44)(H,45,46)(H,47,48)(H,49,50). The Morgan fingerprint density at radius 2 is 1.21 bits per heavy atom. The molecule has 1 aliphatic heterocycles. The number of carboxylic acids is 5. The van der Waals surface area contributed by atoms with Crippen LogP contribution in [-0.2, 0) is 19.2 Å². The lowest BCUT2D eigenvalue weighted by molar-refractivity contribution is -0.138. The predicted octanol–water partition coefficient (Wildman–Crippen LogP) is 3.38. The average molecular weight is 731 g/mol. The third kappa shape index (κ3) is 8.72. The first-order valence-corrected chi connectivity index (χ1v) is 15.5. The van der Waals surface area contributed by atoms with E-state index in [1.807, 2.05) is 0 Å². The van der Waals surface area contributed by atoms with Crippen molar-refractivity contribution >= 4 is 52.2 Å². The summed E-state index contributed by atoms with van der Waals surface area (Å²) in [5.74, 6) is -7.11. The molecule has 6 N–H and O–H groups in total. The van der Waals surface area contributed by atoms with Crippen LogP contribution in [0, 0.1) is 0 Å². The topological polar surface area (TPSA) is 262 Å². The molecule has 0 amide bonds. The number of carbonyl (C=O) groups is 5. The highest BCUT2D eigenvalue weighted by molar-refractivity contribution is 6.08. The van der Waals surface area contributed by atoms with E-state index in [1.54, 1.807) is 12.1 Å². The Morgan fingerprint density at radius 1 is 0.623 bits per heavy atom. The van der Waals surface area contributed by atoms with Crippen molar-refractivity contribution in [1.29, 1.82) is 0 Å². The van der Waals surface area contributed by atoms with E-state index in [0.717, 1.165) is 15.9 Å². The van der Waals surface area contributed by atoms with Gasteiger partial charge in [-0.15, -0.1) is 0 Å². The average Bonchev–Trinajstić information content (AvgIpc) is 3.07. The van der Waals surface area contributed by atoms with E-state index in [-0.39, 0.29) is 64.3 Å². The number of fused-ring (bicyclic) bond motifs is 2. The molecule has 5 rings (SSSR count). The number of phenols is 1. The number of aromatic hydroxyl groups is 1. The van der Waals surface area contributed by atoms with Gasteiger partial charge in [0.05, 0.1) is 16.9 Å². The maximum atomic E-state index is 12.8. The summed E-state index contributed by atoms with van der Waals surface area (Å²) < 4.78 is 17.7. The third-order valence-corrected chi connectivity index (χ3v) is 7.73. The first-order chi connectivity index (χ1) is 25.2. The zero-order valence-corrected chi connectivity index (χ0v) is 27.4. The SMILES string of the molecule is O=C(O)CN(CC(=O)O)c1ccccc1OCCOc1cc(-c2c3ccc(=O)cc-3oc3cc(O)ccc23)c(C(=O)O)cc1N(CC(=O)O)CC(=O)O. The normalized spacial score (nSPS) is 10.9. The van der Waals surface area contributed by atoms with Crippen LogP contribution in [0.4, 0.5) is 11.4 Å². The van der Waals surface area contributed by atoms with Crippen LogP contribution in [0.3, 0.4) is 0 Å². The molecule has 0 radical (unpaired) electrons. The summed E-state index contributed by atoms with van der Waals surface area (Å²) in [6.45, 7) is -3.62. The summed E-state index contributed by atoms with van der Waals surface area (Å²) in [6, 6.07) is 16.3. The van der Waals surface area contributed by atoms with Crippen LogP contribution >= 0.6 is 0 Å². The Kier molecular flexibility index (Phi) is 11.0. The number of rotatable bonds is 17. The molecule has 1 aliphatic carbocycles. The number of aliphatic carboxylic acids is 4. The molecule has 53 heavy (non-hydrogen) atoms. The van der Waals surface area contributed by atoms with Crippen LogP contribution < -0.4 is 24.7 Å². The van der Waals surface area contributed by atoms with Gasteiger partial charge in [-0.1, -0.05) is 12.1 Å². The summed E-state index contributed by atoms with van der Waals surface area (Å²) in [4.78, 5) is 73.6. The van der Waals surface area contributed by atoms with Gasteiger partial charge in [0.1, 0.15) is 68.0 Å². The van der Waals surface area contributed by atoms with Crippen molar-refractivity contribution in [3.63, 3.8) is 0 Å². The van der Waals surface area contributed by atoms with Crippen molar-refractivity contribution in [1.82, 2.24) is 0 Å². The number of hydrogen-bond acceptors (Lipinski definition) is 12. The molecule has 0 spiro atoms. The number of para-hydroxylation sites is 2. The Bertz CT molecular complexity index is 2230. The molecule has 0 saturated carbocycles. The van der Waals surface area contributed by atoms with Crippen molar-refractivity contribution in [3.8, 4) is 39.7 Å². The molecule has 3 aromatic carbocycles. The van der Waals surface area contributed by atoms with Crippen molar-refractivity contribution < 1.29 is 68.5 Å². The lowest BCUT2D eigenvalue weighted by Gasteiger charge is -2.26. The van der Waals surface area contributed by atoms with Gasteiger partial charge in [-0.25, -0.2) is 4.79 Å². The van der Waals surface area contributed by atoms with Crippen molar-refractivity contribution in [2.24, 2.45) is 0 Å². The van der Waals surface area contributed by atoms with E-state index in [4.69, 9.17) is 13.9 Å². The van der Waals surface area contributed by atoms with E-state index >= 15 is 0 Å². The molecule has 0 unspecified atom stereocenters. The first-order valence-electron chi connectivity index (χ1n) is 15.5. The van der Waals surface area contributed by atoms with Crippen LogP contribution in [0.1, 0.15) is 10.4 Å². The molecule has 0 aromatic heterocycles. The summed E-state index contributed by atoms with van der Waals surface area (Å²) in [5, 5.41) is 58.8. The van der Waals surface area contributed by atoms with Crippen molar-refractivity contribution in [2.75, 3.05) is 49.2 Å². The smallest absolute Gasteiger partial charge is 0.336 e. The van der Waals surface area contributed by atoms with Crippen LogP contribution in [0.5, 0.6) is 17.2 Å². The van der Waals surface area contributed by atoms with E-state index in [1.165, 1.54) is 54.6 Å². The van der Waals surface area contributed by atoms with Gasteiger partial charge >= 0.3 is 29.8 Å². The van der Waals surface area contributed by atoms with Gasteiger partial charge in [-0.2, -0.15) is 0 Å². The summed E-state index contributed by atoms with van der Waals surface area (Å²) in [6.07, 6.45) is 0. The monoisotopic (exact) mass is 730 g/mol. The number of carboxylic acid groups (broad SMARTS) is 5. The molecule has 0 saturated heterocycles. The molecule has 0 fully saturated rings. The van der Waals surface area contributed by atoms with Crippen LogP contribution in [0.25, 0.3) is 33.4 Å². The van der Waals surface area contributed by atoms with Crippen LogP contribution in [0.15, 0.2) is 82.0 Å². The zero-order chi connectivity index (χ0) is 38.4. The highest BCUT2D eigenvalue weighted by Crippen LogP contribution is 2.45.